The highest BCUT2D eigenvalue weighted by molar-refractivity contribution is 5.58. The first kappa shape index (κ1) is 5.76. The van der Waals surface area contributed by atoms with Crippen molar-refractivity contribution in [3.8, 4) is 0 Å². The van der Waals surface area contributed by atoms with Crippen LogP contribution in [0, 0.1) is 0 Å². The minimum Gasteiger partial charge on any atom is -0.311 e. The monoisotopic (exact) mass is 112 g/mol. The number of hydrogen-bond donors (Lipinski definition) is 1. The van der Waals surface area contributed by atoms with E-state index >= 15 is 0 Å². The van der Waals surface area contributed by atoms with E-state index in [1.54, 1.807) is 0 Å². The third kappa shape index (κ3) is 2.07. The normalized spacial score (nSPS) is 26.9. The van der Waals surface area contributed by atoms with Gasteiger partial charge in [-0.05, 0) is 13.3 Å². The molecule has 0 spiro atoms. The van der Waals surface area contributed by atoms with E-state index in [-0.39, 0.29) is 0 Å². The second-order valence-corrected chi connectivity index (χ2v) is 2.02. The Hall–Kier alpha value is -0.370. The van der Waals surface area contributed by atoms with Gasteiger partial charge in [0.1, 0.15) is 0 Å². The van der Waals surface area contributed by atoms with Crippen molar-refractivity contribution in [3.63, 3.8) is 0 Å². The van der Waals surface area contributed by atoms with E-state index in [9.17, 15) is 0 Å². The SMILES string of the molecule is CCN=CCC1CN1. The summed E-state index contributed by atoms with van der Waals surface area (Å²) in [5.74, 6) is 0. The zero-order valence-corrected chi connectivity index (χ0v) is 5.22. The number of rotatable bonds is 3. The summed E-state index contributed by atoms with van der Waals surface area (Å²) in [6.45, 7) is 4.17. The van der Waals surface area contributed by atoms with Gasteiger partial charge < -0.3 is 5.32 Å². The molecular weight excluding hydrogens is 100 g/mol. The molecule has 1 rings (SSSR count). The van der Waals surface area contributed by atoms with Gasteiger partial charge in [0, 0.05) is 25.3 Å². The molecule has 1 saturated heterocycles. The summed E-state index contributed by atoms with van der Waals surface area (Å²) >= 11 is 0. The molecule has 1 unspecified atom stereocenters. The Morgan fingerprint density at radius 3 is 3.12 bits per heavy atom. The third-order valence-corrected chi connectivity index (χ3v) is 1.19. The van der Waals surface area contributed by atoms with E-state index in [0.717, 1.165) is 19.0 Å². The van der Waals surface area contributed by atoms with Gasteiger partial charge in [-0.2, -0.15) is 0 Å². The lowest BCUT2D eigenvalue weighted by molar-refractivity contribution is 1.00. The van der Waals surface area contributed by atoms with Crippen molar-refractivity contribution >= 4 is 6.21 Å². The van der Waals surface area contributed by atoms with Crippen molar-refractivity contribution in [2.45, 2.75) is 19.4 Å². The molecule has 1 heterocycles. The van der Waals surface area contributed by atoms with Crippen LogP contribution in [0.5, 0.6) is 0 Å². The van der Waals surface area contributed by atoms with E-state index in [1.165, 1.54) is 6.54 Å². The first-order valence-corrected chi connectivity index (χ1v) is 3.15. The van der Waals surface area contributed by atoms with Crippen LogP contribution >= 0.6 is 0 Å². The van der Waals surface area contributed by atoms with Crippen LogP contribution in [-0.2, 0) is 0 Å². The molecule has 1 aliphatic heterocycles. The van der Waals surface area contributed by atoms with Crippen molar-refractivity contribution in [1.82, 2.24) is 5.32 Å². The van der Waals surface area contributed by atoms with Crippen LogP contribution in [0.4, 0.5) is 0 Å². The summed E-state index contributed by atoms with van der Waals surface area (Å²) in [5, 5.41) is 3.20. The highest BCUT2D eigenvalue weighted by Gasteiger charge is 2.17. The standard InChI is InChI=1S/C6H12N2/c1-2-7-4-3-6-5-8-6/h4,6,8H,2-3,5H2,1H3. The average Bonchev–Trinajstić information content (AvgIpc) is 2.51. The van der Waals surface area contributed by atoms with Crippen molar-refractivity contribution in [3.05, 3.63) is 0 Å². The van der Waals surface area contributed by atoms with E-state index in [2.05, 4.69) is 17.2 Å². The molecule has 0 aromatic heterocycles. The number of nitrogens with zero attached hydrogens (tertiary/aromatic N) is 1. The molecule has 0 aliphatic carbocycles. The van der Waals surface area contributed by atoms with Crippen LogP contribution in [0.25, 0.3) is 0 Å². The van der Waals surface area contributed by atoms with Gasteiger partial charge in [0.25, 0.3) is 0 Å². The molecule has 46 valence electrons. The summed E-state index contributed by atoms with van der Waals surface area (Å²) in [7, 11) is 0. The Labute approximate surface area is 50.0 Å². The minimum atomic E-state index is 0.755. The van der Waals surface area contributed by atoms with Crippen molar-refractivity contribution < 1.29 is 0 Å². The minimum absolute atomic E-state index is 0.755. The largest absolute Gasteiger partial charge is 0.311 e. The molecule has 1 fully saturated rings. The van der Waals surface area contributed by atoms with E-state index in [4.69, 9.17) is 0 Å². The fourth-order valence-electron chi connectivity index (χ4n) is 0.581. The molecule has 0 radical (unpaired) electrons. The van der Waals surface area contributed by atoms with Gasteiger partial charge in [0.05, 0.1) is 0 Å². The molecule has 2 heteroatoms. The molecule has 0 aromatic rings. The van der Waals surface area contributed by atoms with Gasteiger partial charge in [-0.15, -0.1) is 0 Å². The molecule has 0 saturated carbocycles. The Morgan fingerprint density at radius 1 is 1.88 bits per heavy atom. The average molecular weight is 112 g/mol. The molecule has 1 atom stereocenters. The predicted molar refractivity (Wildman–Crippen MR) is 35.4 cm³/mol. The first-order chi connectivity index (χ1) is 3.93. The smallest absolute Gasteiger partial charge is 0.0357 e. The molecule has 2 nitrogen and oxygen atoms in total. The second kappa shape index (κ2) is 2.82. The van der Waals surface area contributed by atoms with Gasteiger partial charge in [0.2, 0.25) is 0 Å². The maximum absolute atomic E-state index is 4.09. The van der Waals surface area contributed by atoms with Crippen LogP contribution < -0.4 is 5.32 Å². The summed E-state index contributed by atoms with van der Waals surface area (Å²) in [6, 6.07) is 0.755. The van der Waals surface area contributed by atoms with Gasteiger partial charge in [-0.3, -0.25) is 4.99 Å². The zero-order chi connectivity index (χ0) is 5.82. The Kier molecular flexibility index (Phi) is 2.03. The predicted octanol–water partition coefficient (Wildman–Crippen LogP) is 0.439. The summed E-state index contributed by atoms with van der Waals surface area (Å²) in [4.78, 5) is 4.09. The maximum Gasteiger partial charge on any atom is 0.0357 e. The summed E-state index contributed by atoms with van der Waals surface area (Å²) < 4.78 is 0. The fourth-order valence-corrected chi connectivity index (χ4v) is 0.581. The summed E-state index contributed by atoms with van der Waals surface area (Å²) in [5.41, 5.74) is 0. The van der Waals surface area contributed by atoms with Crippen LogP contribution in [0.15, 0.2) is 4.99 Å². The third-order valence-electron chi connectivity index (χ3n) is 1.19. The van der Waals surface area contributed by atoms with Gasteiger partial charge in [0.15, 0.2) is 0 Å². The van der Waals surface area contributed by atoms with E-state index < -0.39 is 0 Å². The van der Waals surface area contributed by atoms with E-state index in [1.807, 2.05) is 6.21 Å². The second-order valence-electron chi connectivity index (χ2n) is 2.02. The van der Waals surface area contributed by atoms with Crippen LogP contribution in [0.3, 0.4) is 0 Å². The molecule has 1 N–H and O–H groups in total. The molecule has 0 amide bonds. The molecule has 1 aliphatic rings. The number of nitrogens with one attached hydrogen (secondary N) is 1. The fraction of sp³-hybridized carbons (Fsp3) is 0.833. The number of aliphatic imine (C=N–C) groups is 1. The van der Waals surface area contributed by atoms with Gasteiger partial charge in [-0.25, -0.2) is 0 Å². The van der Waals surface area contributed by atoms with Crippen molar-refractivity contribution in [2.75, 3.05) is 13.1 Å². The van der Waals surface area contributed by atoms with Crippen molar-refractivity contribution in [1.29, 1.82) is 0 Å². The lowest BCUT2D eigenvalue weighted by atomic mass is 10.3. The quantitative estimate of drug-likeness (QED) is 0.417. The van der Waals surface area contributed by atoms with Gasteiger partial charge >= 0.3 is 0 Å². The van der Waals surface area contributed by atoms with E-state index in [0.29, 0.717) is 0 Å². The van der Waals surface area contributed by atoms with Crippen LogP contribution in [-0.4, -0.2) is 25.3 Å². The Morgan fingerprint density at radius 2 is 2.62 bits per heavy atom. The number of hydrogen-bond acceptors (Lipinski definition) is 2. The topological polar surface area (TPSA) is 34.3 Å². The lowest BCUT2D eigenvalue weighted by Gasteiger charge is -1.81. The van der Waals surface area contributed by atoms with Gasteiger partial charge in [-0.1, -0.05) is 0 Å². The maximum atomic E-state index is 4.09. The van der Waals surface area contributed by atoms with Crippen LogP contribution in [0.1, 0.15) is 13.3 Å². The van der Waals surface area contributed by atoms with Crippen molar-refractivity contribution in [2.24, 2.45) is 4.99 Å². The highest BCUT2D eigenvalue weighted by atomic mass is 15.1. The van der Waals surface area contributed by atoms with Crippen LogP contribution in [0.2, 0.25) is 0 Å². The summed E-state index contributed by atoms with van der Waals surface area (Å²) in [6.07, 6.45) is 3.12. The Balaban J connectivity index is 1.93. The highest BCUT2D eigenvalue weighted by Crippen LogP contribution is 1.98. The first-order valence-electron chi connectivity index (χ1n) is 3.15. The Bertz CT molecular complexity index is 84.5. The molecule has 0 aromatic carbocycles. The molecule has 0 bridgehead atoms. The zero-order valence-electron chi connectivity index (χ0n) is 5.22. The lowest BCUT2D eigenvalue weighted by Crippen LogP contribution is -1.90. The molecular formula is C6H12N2. The molecule has 8 heavy (non-hydrogen) atoms.